The molecule has 3 rings (SSSR count). The van der Waals surface area contributed by atoms with E-state index in [2.05, 4.69) is 29.8 Å². The summed E-state index contributed by atoms with van der Waals surface area (Å²) in [5.41, 5.74) is 0.826. The van der Waals surface area contributed by atoms with Crippen LogP contribution in [0.3, 0.4) is 0 Å². The Morgan fingerprint density at radius 3 is 2.81 bits per heavy atom. The lowest BCUT2D eigenvalue weighted by Gasteiger charge is -2.26. The molecule has 1 aromatic rings. The van der Waals surface area contributed by atoms with Crippen molar-refractivity contribution in [3.8, 4) is 0 Å². The highest BCUT2D eigenvalue weighted by molar-refractivity contribution is 7.10. The molecule has 0 unspecified atom stereocenters. The molecule has 3 heterocycles. The zero-order chi connectivity index (χ0) is 18.5. The van der Waals surface area contributed by atoms with Gasteiger partial charge in [-0.25, -0.2) is 0 Å². The minimum atomic E-state index is 0.139. The van der Waals surface area contributed by atoms with Crippen molar-refractivity contribution in [2.45, 2.75) is 26.2 Å². The number of thiophene rings is 1. The molecule has 2 saturated heterocycles. The van der Waals surface area contributed by atoms with Crippen molar-refractivity contribution in [2.24, 2.45) is 11.8 Å². The van der Waals surface area contributed by atoms with Gasteiger partial charge in [0.15, 0.2) is 0 Å². The van der Waals surface area contributed by atoms with E-state index in [-0.39, 0.29) is 18.4 Å². The van der Waals surface area contributed by atoms with Crippen molar-refractivity contribution < 1.29 is 9.90 Å². The Kier molecular flexibility index (Phi) is 7.09. The first kappa shape index (κ1) is 19.8. The quantitative estimate of drug-likeness (QED) is 0.821. The summed E-state index contributed by atoms with van der Waals surface area (Å²) < 4.78 is 0. The van der Waals surface area contributed by atoms with Gasteiger partial charge in [0.2, 0.25) is 0 Å². The monoisotopic (exact) mass is 379 g/mol. The largest absolute Gasteiger partial charge is 0.396 e. The molecule has 146 valence electrons. The van der Waals surface area contributed by atoms with E-state index in [0.717, 1.165) is 57.7 Å². The van der Waals surface area contributed by atoms with Gasteiger partial charge in [0.05, 0.1) is 5.56 Å². The average molecular weight is 380 g/mol. The van der Waals surface area contributed by atoms with Gasteiger partial charge in [-0.2, -0.15) is 0 Å². The zero-order valence-corrected chi connectivity index (χ0v) is 17.0. The first-order valence-electron chi connectivity index (χ1n) is 9.99. The Morgan fingerprint density at radius 2 is 2.04 bits per heavy atom. The highest BCUT2D eigenvalue weighted by Gasteiger charge is 2.36. The number of nitrogens with zero attached hydrogens (tertiary/aromatic N) is 3. The number of likely N-dealkylation sites (N-methyl/N-ethyl adjacent to an activating group) is 1. The molecule has 0 aliphatic carbocycles. The standard InChI is InChI=1S/C20H33N3O2S/c1-3-5-19-10-16(15-26-19)20(25)23-12-17(18(13-23)14-24)11-22-7-4-6-21(2)8-9-22/h10,15,17-18,24H,3-9,11-14H2,1-2H3/t17-,18-/m1/s1. The number of likely N-dealkylation sites (tertiary alicyclic amines) is 1. The number of rotatable bonds is 6. The lowest BCUT2D eigenvalue weighted by atomic mass is 9.96. The maximum atomic E-state index is 12.9. The fourth-order valence-electron chi connectivity index (χ4n) is 4.19. The first-order valence-corrected chi connectivity index (χ1v) is 10.9. The van der Waals surface area contributed by atoms with Gasteiger partial charge in [-0.3, -0.25) is 4.79 Å². The summed E-state index contributed by atoms with van der Waals surface area (Å²) in [4.78, 5) is 21.1. The van der Waals surface area contributed by atoms with Crippen molar-refractivity contribution >= 4 is 17.2 Å². The van der Waals surface area contributed by atoms with Crippen LogP contribution in [-0.2, 0) is 6.42 Å². The fraction of sp³-hybridized carbons (Fsp3) is 0.750. The average Bonchev–Trinajstić information content (AvgIpc) is 3.20. The molecule has 2 fully saturated rings. The maximum Gasteiger partial charge on any atom is 0.254 e. The van der Waals surface area contributed by atoms with Crippen molar-refractivity contribution in [3.05, 3.63) is 21.9 Å². The summed E-state index contributed by atoms with van der Waals surface area (Å²) in [6.07, 6.45) is 3.35. The van der Waals surface area contributed by atoms with E-state index >= 15 is 0 Å². The molecular formula is C20H33N3O2S. The van der Waals surface area contributed by atoms with E-state index < -0.39 is 0 Å². The number of aliphatic hydroxyl groups excluding tert-OH is 1. The van der Waals surface area contributed by atoms with Crippen LogP contribution in [0.5, 0.6) is 0 Å². The van der Waals surface area contributed by atoms with E-state index in [0.29, 0.717) is 12.5 Å². The van der Waals surface area contributed by atoms with Crippen molar-refractivity contribution in [3.63, 3.8) is 0 Å². The summed E-state index contributed by atoms with van der Waals surface area (Å²) in [6.45, 7) is 9.27. The second-order valence-corrected chi connectivity index (χ2v) is 8.92. The fourth-order valence-corrected chi connectivity index (χ4v) is 5.15. The molecule has 1 amide bonds. The predicted molar refractivity (Wildman–Crippen MR) is 107 cm³/mol. The molecule has 0 radical (unpaired) electrons. The molecule has 0 bridgehead atoms. The second-order valence-electron chi connectivity index (χ2n) is 7.92. The van der Waals surface area contributed by atoms with Gasteiger partial charge < -0.3 is 19.8 Å². The lowest BCUT2D eigenvalue weighted by Crippen LogP contribution is -2.36. The Hall–Kier alpha value is -0.950. The van der Waals surface area contributed by atoms with Gasteiger partial charge >= 0.3 is 0 Å². The second kappa shape index (κ2) is 9.31. The molecule has 0 spiro atoms. The SMILES string of the molecule is CCCc1cc(C(=O)N2C[C@@H](CN3CCCN(C)CC3)[C@@H](CO)C2)cs1. The number of hydrogen-bond acceptors (Lipinski definition) is 5. The molecular weight excluding hydrogens is 346 g/mol. The third-order valence-electron chi connectivity index (χ3n) is 5.80. The minimum absolute atomic E-state index is 0.139. The normalized spacial score (nSPS) is 25.6. The number of amides is 1. The van der Waals surface area contributed by atoms with Gasteiger partial charge in [0.25, 0.3) is 5.91 Å². The molecule has 2 aliphatic heterocycles. The summed E-state index contributed by atoms with van der Waals surface area (Å²) in [5.74, 6) is 0.718. The highest BCUT2D eigenvalue weighted by atomic mass is 32.1. The van der Waals surface area contributed by atoms with Gasteiger partial charge in [0, 0.05) is 55.5 Å². The molecule has 5 nitrogen and oxygen atoms in total. The van der Waals surface area contributed by atoms with Crippen LogP contribution < -0.4 is 0 Å². The summed E-state index contributed by atoms with van der Waals surface area (Å²) in [7, 11) is 2.18. The highest BCUT2D eigenvalue weighted by Crippen LogP contribution is 2.27. The summed E-state index contributed by atoms with van der Waals surface area (Å²) in [6, 6.07) is 2.06. The Morgan fingerprint density at radius 1 is 1.23 bits per heavy atom. The number of carbonyl (C=O) groups excluding carboxylic acids is 1. The van der Waals surface area contributed by atoms with E-state index in [1.807, 2.05) is 10.3 Å². The molecule has 2 aliphatic rings. The molecule has 0 aromatic carbocycles. The molecule has 2 atom stereocenters. The Labute approximate surface area is 161 Å². The van der Waals surface area contributed by atoms with E-state index in [4.69, 9.17) is 0 Å². The zero-order valence-electron chi connectivity index (χ0n) is 16.2. The number of aliphatic hydroxyl groups is 1. The maximum absolute atomic E-state index is 12.9. The van der Waals surface area contributed by atoms with Gasteiger partial charge in [0.1, 0.15) is 0 Å². The Balaban J connectivity index is 1.59. The smallest absolute Gasteiger partial charge is 0.254 e. The molecule has 26 heavy (non-hydrogen) atoms. The summed E-state index contributed by atoms with van der Waals surface area (Å²) >= 11 is 1.69. The number of carbonyl (C=O) groups is 1. The molecule has 6 heteroatoms. The van der Waals surface area contributed by atoms with Crippen LogP contribution in [-0.4, -0.2) is 85.2 Å². The number of aryl methyl sites for hydroxylation is 1. The van der Waals surface area contributed by atoms with Crippen LogP contribution in [0.2, 0.25) is 0 Å². The van der Waals surface area contributed by atoms with E-state index in [1.165, 1.54) is 11.3 Å². The van der Waals surface area contributed by atoms with Crippen LogP contribution in [0, 0.1) is 11.8 Å². The molecule has 1 N–H and O–H groups in total. The van der Waals surface area contributed by atoms with E-state index in [9.17, 15) is 9.90 Å². The van der Waals surface area contributed by atoms with Crippen LogP contribution in [0.4, 0.5) is 0 Å². The van der Waals surface area contributed by atoms with E-state index in [1.54, 1.807) is 11.3 Å². The van der Waals surface area contributed by atoms with Gasteiger partial charge in [-0.1, -0.05) is 13.3 Å². The van der Waals surface area contributed by atoms with Crippen LogP contribution >= 0.6 is 11.3 Å². The van der Waals surface area contributed by atoms with Crippen molar-refractivity contribution in [2.75, 3.05) is 59.5 Å². The topological polar surface area (TPSA) is 47.0 Å². The number of hydrogen-bond donors (Lipinski definition) is 1. The van der Waals surface area contributed by atoms with Crippen molar-refractivity contribution in [1.82, 2.24) is 14.7 Å². The molecule has 0 saturated carbocycles. The first-order chi connectivity index (χ1) is 12.6. The van der Waals surface area contributed by atoms with Crippen LogP contribution in [0.15, 0.2) is 11.4 Å². The van der Waals surface area contributed by atoms with Crippen LogP contribution in [0.25, 0.3) is 0 Å². The minimum Gasteiger partial charge on any atom is -0.396 e. The van der Waals surface area contributed by atoms with Gasteiger partial charge in [-0.05, 0) is 45.0 Å². The Bertz CT molecular complexity index is 591. The lowest BCUT2D eigenvalue weighted by molar-refractivity contribution is 0.0779. The van der Waals surface area contributed by atoms with Crippen LogP contribution in [0.1, 0.15) is 35.0 Å². The third kappa shape index (κ3) is 4.85. The summed E-state index contributed by atoms with van der Waals surface area (Å²) in [5, 5.41) is 11.8. The third-order valence-corrected chi connectivity index (χ3v) is 6.80. The van der Waals surface area contributed by atoms with Gasteiger partial charge in [-0.15, -0.1) is 11.3 Å². The van der Waals surface area contributed by atoms with Crippen molar-refractivity contribution in [1.29, 1.82) is 0 Å². The predicted octanol–water partition coefficient (Wildman–Crippen LogP) is 2.02. The molecule has 1 aromatic heterocycles.